The van der Waals surface area contributed by atoms with E-state index in [9.17, 15) is 9.59 Å². The zero-order valence-electron chi connectivity index (χ0n) is 13.6. The first kappa shape index (κ1) is 18.4. The van der Waals surface area contributed by atoms with Crippen molar-refractivity contribution in [2.45, 2.75) is 33.1 Å². The lowest BCUT2D eigenvalue weighted by Gasteiger charge is -2.03. The molecule has 2 rings (SSSR count). The number of esters is 1. The molecule has 0 bridgehead atoms. The molecule has 7 heteroatoms. The molecule has 0 unspecified atom stereocenters. The third-order valence-corrected chi connectivity index (χ3v) is 4.59. The Morgan fingerprint density at radius 2 is 2.00 bits per heavy atom. The first-order valence-electron chi connectivity index (χ1n) is 7.68. The number of aromatic nitrogens is 1. The Morgan fingerprint density at radius 1 is 1.29 bits per heavy atom. The molecule has 0 radical (unpaired) electrons. The average Bonchev–Trinajstić information content (AvgIpc) is 2.90. The second kappa shape index (κ2) is 8.80. The number of thiazole rings is 1. The van der Waals surface area contributed by atoms with Gasteiger partial charge in [0, 0.05) is 11.4 Å². The number of nitrogens with one attached hydrogen (secondary N) is 1. The minimum atomic E-state index is -0.407. The number of nitrogens with zero attached hydrogens (tertiary/aromatic N) is 1. The molecule has 0 atom stereocenters. The van der Waals surface area contributed by atoms with Crippen molar-refractivity contribution in [1.29, 1.82) is 0 Å². The Bertz CT molecular complexity index is 713. The number of hydrogen-bond donors (Lipinski definition) is 1. The van der Waals surface area contributed by atoms with Crippen molar-refractivity contribution in [2.24, 2.45) is 0 Å². The van der Waals surface area contributed by atoms with Crippen LogP contribution in [0, 0.1) is 6.92 Å². The van der Waals surface area contributed by atoms with Crippen LogP contribution in [-0.4, -0.2) is 23.5 Å². The van der Waals surface area contributed by atoms with Gasteiger partial charge >= 0.3 is 5.97 Å². The molecule has 1 aromatic heterocycles. The summed E-state index contributed by atoms with van der Waals surface area (Å²) in [6.45, 7) is 3.78. The van der Waals surface area contributed by atoms with E-state index in [1.54, 1.807) is 13.8 Å². The van der Waals surface area contributed by atoms with Gasteiger partial charge in [-0.3, -0.25) is 4.79 Å². The summed E-state index contributed by atoms with van der Waals surface area (Å²) in [5.74, 6) is -0.524. The van der Waals surface area contributed by atoms with Crippen molar-refractivity contribution < 1.29 is 14.3 Å². The lowest BCUT2D eigenvalue weighted by atomic mass is 10.1. The van der Waals surface area contributed by atoms with Gasteiger partial charge in [0.1, 0.15) is 4.88 Å². The molecule has 0 saturated heterocycles. The number of carbonyl (C=O) groups is 2. The summed E-state index contributed by atoms with van der Waals surface area (Å²) in [4.78, 5) is 28.4. The Hall–Kier alpha value is -1.92. The number of rotatable bonds is 7. The summed E-state index contributed by atoms with van der Waals surface area (Å²) < 4.78 is 4.96. The van der Waals surface area contributed by atoms with E-state index in [1.165, 1.54) is 0 Å². The standard InChI is InChI=1S/C17H19ClN2O3S/c1-3-23-16(22)15-11(2)19-17(24-15)20-14(21)6-4-5-12-7-9-13(18)10-8-12/h7-10H,3-6H2,1-2H3,(H,19,20,21). The van der Waals surface area contributed by atoms with Gasteiger partial charge in [-0.25, -0.2) is 9.78 Å². The van der Waals surface area contributed by atoms with Crippen molar-refractivity contribution >= 4 is 39.9 Å². The second-order valence-corrected chi connectivity index (χ2v) is 6.62. The van der Waals surface area contributed by atoms with Crippen molar-refractivity contribution in [1.82, 2.24) is 4.98 Å². The number of ether oxygens (including phenoxy) is 1. The van der Waals surface area contributed by atoms with Crippen molar-refractivity contribution in [2.75, 3.05) is 11.9 Å². The maximum atomic E-state index is 12.0. The zero-order chi connectivity index (χ0) is 17.5. The number of carbonyl (C=O) groups excluding carboxylic acids is 2. The average molecular weight is 367 g/mol. The molecule has 1 N–H and O–H groups in total. The molecule has 0 saturated carbocycles. The fraction of sp³-hybridized carbons (Fsp3) is 0.353. The van der Waals surface area contributed by atoms with E-state index < -0.39 is 5.97 Å². The van der Waals surface area contributed by atoms with Crippen LogP contribution in [0.25, 0.3) is 0 Å². The summed E-state index contributed by atoms with van der Waals surface area (Å²) >= 11 is 6.98. The number of anilines is 1. The van der Waals surface area contributed by atoms with E-state index in [-0.39, 0.29) is 5.91 Å². The van der Waals surface area contributed by atoms with Gasteiger partial charge in [0.15, 0.2) is 5.13 Å². The molecule has 0 aliphatic heterocycles. The molecule has 2 aromatic rings. The number of hydrogen-bond acceptors (Lipinski definition) is 5. The molecule has 1 amide bonds. The van der Waals surface area contributed by atoms with Crippen LogP contribution >= 0.6 is 22.9 Å². The van der Waals surface area contributed by atoms with Crippen LogP contribution in [-0.2, 0) is 16.0 Å². The smallest absolute Gasteiger partial charge is 0.350 e. The van der Waals surface area contributed by atoms with Gasteiger partial charge < -0.3 is 10.1 Å². The monoisotopic (exact) mass is 366 g/mol. The first-order valence-corrected chi connectivity index (χ1v) is 8.88. The third kappa shape index (κ3) is 5.32. The Kier molecular flexibility index (Phi) is 6.75. The van der Waals surface area contributed by atoms with E-state index in [4.69, 9.17) is 16.3 Å². The fourth-order valence-corrected chi connectivity index (χ4v) is 3.12. The molecule has 0 aliphatic rings. The van der Waals surface area contributed by atoms with Crippen LogP contribution in [0.4, 0.5) is 5.13 Å². The van der Waals surface area contributed by atoms with Gasteiger partial charge in [0.25, 0.3) is 0 Å². The Balaban J connectivity index is 1.83. The minimum Gasteiger partial charge on any atom is -0.462 e. The molecule has 5 nitrogen and oxygen atoms in total. The zero-order valence-corrected chi connectivity index (χ0v) is 15.2. The summed E-state index contributed by atoms with van der Waals surface area (Å²) in [5, 5.41) is 3.86. The van der Waals surface area contributed by atoms with Crippen LogP contribution in [0.5, 0.6) is 0 Å². The van der Waals surface area contributed by atoms with Crippen molar-refractivity contribution in [3.8, 4) is 0 Å². The van der Waals surface area contributed by atoms with Gasteiger partial charge in [-0.15, -0.1) is 0 Å². The van der Waals surface area contributed by atoms with Gasteiger partial charge in [0.2, 0.25) is 5.91 Å². The number of aryl methyl sites for hydroxylation is 2. The summed E-state index contributed by atoms with van der Waals surface area (Å²) in [5.41, 5.74) is 1.71. The van der Waals surface area contributed by atoms with Gasteiger partial charge in [-0.1, -0.05) is 35.1 Å². The molecular formula is C17H19ClN2O3S. The van der Waals surface area contributed by atoms with E-state index >= 15 is 0 Å². The number of amides is 1. The summed E-state index contributed by atoms with van der Waals surface area (Å²) in [6, 6.07) is 7.59. The third-order valence-electron chi connectivity index (χ3n) is 3.29. The maximum Gasteiger partial charge on any atom is 0.350 e. The molecule has 0 spiro atoms. The van der Waals surface area contributed by atoms with Crippen molar-refractivity contribution in [3.05, 3.63) is 45.4 Å². The second-order valence-electron chi connectivity index (χ2n) is 5.18. The molecule has 24 heavy (non-hydrogen) atoms. The minimum absolute atomic E-state index is 0.117. The van der Waals surface area contributed by atoms with Crippen LogP contribution in [0.15, 0.2) is 24.3 Å². The van der Waals surface area contributed by atoms with Crippen LogP contribution in [0.2, 0.25) is 5.02 Å². The molecular weight excluding hydrogens is 348 g/mol. The number of halogens is 1. The molecule has 0 fully saturated rings. The predicted molar refractivity (Wildman–Crippen MR) is 95.8 cm³/mol. The Labute approximate surface area is 150 Å². The molecule has 0 aliphatic carbocycles. The first-order chi connectivity index (χ1) is 11.5. The molecule has 1 heterocycles. The predicted octanol–water partition coefficient (Wildman–Crippen LogP) is 4.24. The summed E-state index contributed by atoms with van der Waals surface area (Å²) in [7, 11) is 0. The van der Waals surface area contributed by atoms with Crippen molar-refractivity contribution in [3.63, 3.8) is 0 Å². The highest BCUT2D eigenvalue weighted by atomic mass is 35.5. The van der Waals surface area contributed by atoms with E-state index in [2.05, 4.69) is 10.3 Å². The largest absolute Gasteiger partial charge is 0.462 e. The quantitative estimate of drug-likeness (QED) is 0.744. The maximum absolute atomic E-state index is 12.0. The normalized spacial score (nSPS) is 10.5. The molecule has 1 aromatic carbocycles. The van der Waals surface area contributed by atoms with Crippen LogP contribution in [0.3, 0.4) is 0 Å². The Morgan fingerprint density at radius 3 is 2.67 bits per heavy atom. The highest BCUT2D eigenvalue weighted by molar-refractivity contribution is 7.17. The lowest BCUT2D eigenvalue weighted by molar-refractivity contribution is -0.116. The fourth-order valence-electron chi connectivity index (χ4n) is 2.12. The van der Waals surface area contributed by atoms with Crippen LogP contribution in [0.1, 0.15) is 40.7 Å². The van der Waals surface area contributed by atoms with Gasteiger partial charge in [-0.2, -0.15) is 0 Å². The van der Waals surface area contributed by atoms with E-state index in [0.29, 0.717) is 33.8 Å². The number of benzene rings is 1. The topological polar surface area (TPSA) is 68.3 Å². The summed E-state index contributed by atoms with van der Waals surface area (Å²) in [6.07, 6.45) is 1.91. The van der Waals surface area contributed by atoms with E-state index in [1.807, 2.05) is 24.3 Å². The van der Waals surface area contributed by atoms with Gasteiger partial charge in [0.05, 0.1) is 12.3 Å². The van der Waals surface area contributed by atoms with Gasteiger partial charge in [-0.05, 0) is 44.4 Å². The van der Waals surface area contributed by atoms with E-state index in [0.717, 1.165) is 29.7 Å². The molecule has 128 valence electrons. The lowest BCUT2D eigenvalue weighted by Crippen LogP contribution is -2.11. The highest BCUT2D eigenvalue weighted by Gasteiger charge is 2.17. The highest BCUT2D eigenvalue weighted by Crippen LogP contribution is 2.23. The SMILES string of the molecule is CCOC(=O)c1sc(NC(=O)CCCc2ccc(Cl)cc2)nc1C. The van der Waals surface area contributed by atoms with Crippen LogP contribution < -0.4 is 5.32 Å².